The van der Waals surface area contributed by atoms with Crippen molar-refractivity contribution in [2.24, 2.45) is 0 Å². The number of benzene rings is 2. The normalized spacial score (nSPS) is 11.2. The number of ether oxygens (including phenoxy) is 1. The molecule has 2 rings (SSSR count). The average Bonchev–Trinajstić information content (AvgIpc) is 2.64. The Morgan fingerprint density at radius 3 is 2.40 bits per heavy atom. The molecule has 0 spiro atoms. The number of hydrogen-bond acceptors (Lipinski definition) is 5. The maximum Gasteiger partial charge on any atom is 0.253 e. The first-order valence-corrected chi connectivity index (χ1v) is 11.3. The van der Waals surface area contributed by atoms with Crippen molar-refractivity contribution in [1.82, 2.24) is 5.32 Å². The summed E-state index contributed by atoms with van der Waals surface area (Å²) < 4.78 is 31.2. The Labute approximate surface area is 177 Å². The second-order valence-electron chi connectivity index (χ2n) is 7.18. The molecule has 0 saturated carbocycles. The molecule has 3 N–H and O–H groups in total. The minimum Gasteiger partial charge on any atom is -0.374 e. The number of carbonyl (C=O) groups is 2. The lowest BCUT2D eigenvalue weighted by Gasteiger charge is -2.14. The lowest BCUT2D eigenvalue weighted by molar-refractivity contribution is -0.114. The maximum absolute atomic E-state index is 12.8. The third-order valence-corrected chi connectivity index (χ3v) is 4.50. The van der Waals surface area contributed by atoms with Crippen LogP contribution in [-0.4, -0.2) is 32.6 Å². The number of nitrogens with one attached hydrogen (secondary N) is 3. The molecule has 0 aliphatic carbocycles. The molecule has 162 valence electrons. The van der Waals surface area contributed by atoms with Crippen LogP contribution in [0.2, 0.25) is 0 Å². The Kier molecular flexibility index (Phi) is 7.96. The highest BCUT2D eigenvalue weighted by Crippen LogP contribution is 2.22. The molecule has 0 aliphatic rings. The van der Waals surface area contributed by atoms with Gasteiger partial charge in [0, 0.05) is 19.2 Å². The van der Waals surface area contributed by atoms with Gasteiger partial charge in [0.2, 0.25) is 15.9 Å². The predicted molar refractivity (Wildman–Crippen MR) is 117 cm³/mol. The van der Waals surface area contributed by atoms with Gasteiger partial charge < -0.3 is 15.4 Å². The molecule has 0 bridgehead atoms. The number of rotatable bonds is 9. The summed E-state index contributed by atoms with van der Waals surface area (Å²) in [5, 5.41) is 5.37. The Morgan fingerprint density at radius 2 is 1.77 bits per heavy atom. The van der Waals surface area contributed by atoms with Gasteiger partial charge in [0.15, 0.2) is 0 Å². The largest absolute Gasteiger partial charge is 0.374 e. The fourth-order valence-electron chi connectivity index (χ4n) is 2.67. The number of sulfonamides is 1. The summed E-state index contributed by atoms with van der Waals surface area (Å²) >= 11 is 0. The van der Waals surface area contributed by atoms with Crippen LogP contribution in [0.1, 0.15) is 42.3 Å². The lowest BCUT2D eigenvalue weighted by Crippen LogP contribution is -2.25. The van der Waals surface area contributed by atoms with E-state index in [1.807, 2.05) is 38.1 Å². The van der Waals surface area contributed by atoms with E-state index in [4.69, 9.17) is 4.74 Å². The van der Waals surface area contributed by atoms with Gasteiger partial charge in [-0.15, -0.1) is 0 Å². The van der Waals surface area contributed by atoms with Gasteiger partial charge in [0.25, 0.3) is 5.91 Å². The highest BCUT2D eigenvalue weighted by atomic mass is 32.2. The molecule has 0 saturated heterocycles. The third kappa shape index (κ3) is 7.84. The monoisotopic (exact) mass is 433 g/mol. The maximum atomic E-state index is 12.8. The molecule has 0 aromatic heterocycles. The summed E-state index contributed by atoms with van der Waals surface area (Å²) in [6, 6.07) is 12.0. The van der Waals surface area contributed by atoms with Gasteiger partial charge in [-0.1, -0.05) is 24.3 Å². The smallest absolute Gasteiger partial charge is 0.253 e. The molecule has 2 aromatic rings. The molecule has 0 fully saturated rings. The molecule has 8 nitrogen and oxygen atoms in total. The van der Waals surface area contributed by atoms with Crippen LogP contribution in [0.3, 0.4) is 0 Å². The quantitative estimate of drug-likeness (QED) is 0.563. The zero-order valence-corrected chi connectivity index (χ0v) is 18.3. The van der Waals surface area contributed by atoms with Crippen molar-refractivity contribution in [3.63, 3.8) is 0 Å². The molecule has 0 unspecified atom stereocenters. The molecule has 30 heavy (non-hydrogen) atoms. The fraction of sp³-hybridized carbons (Fsp3) is 0.333. The summed E-state index contributed by atoms with van der Waals surface area (Å²) in [4.78, 5) is 24.1. The van der Waals surface area contributed by atoms with Crippen molar-refractivity contribution in [1.29, 1.82) is 0 Å². The van der Waals surface area contributed by atoms with Crippen molar-refractivity contribution < 1.29 is 22.7 Å². The zero-order valence-electron chi connectivity index (χ0n) is 17.5. The van der Waals surface area contributed by atoms with Crippen LogP contribution in [0.25, 0.3) is 0 Å². The van der Waals surface area contributed by atoms with E-state index in [1.165, 1.54) is 25.1 Å². The molecular weight excluding hydrogens is 406 g/mol. The highest BCUT2D eigenvalue weighted by molar-refractivity contribution is 7.92. The van der Waals surface area contributed by atoms with Crippen LogP contribution in [-0.2, 0) is 32.7 Å². The number of hydrogen-bond donors (Lipinski definition) is 3. The van der Waals surface area contributed by atoms with Gasteiger partial charge in [-0.05, 0) is 43.2 Å². The van der Waals surface area contributed by atoms with E-state index in [9.17, 15) is 18.0 Å². The second-order valence-corrected chi connectivity index (χ2v) is 8.93. The van der Waals surface area contributed by atoms with Crippen molar-refractivity contribution >= 4 is 33.2 Å². The van der Waals surface area contributed by atoms with E-state index < -0.39 is 15.9 Å². The van der Waals surface area contributed by atoms with Gasteiger partial charge in [-0.2, -0.15) is 0 Å². The van der Waals surface area contributed by atoms with Crippen LogP contribution < -0.4 is 15.4 Å². The van der Waals surface area contributed by atoms with Crippen LogP contribution in [0.15, 0.2) is 42.5 Å². The first-order valence-electron chi connectivity index (χ1n) is 9.40. The Hall–Kier alpha value is -2.91. The summed E-state index contributed by atoms with van der Waals surface area (Å²) in [6.45, 7) is 5.98. The topological polar surface area (TPSA) is 114 Å². The number of amides is 2. The Balaban J connectivity index is 2.18. The summed E-state index contributed by atoms with van der Waals surface area (Å²) in [5.74, 6) is -0.775. The second kappa shape index (κ2) is 10.2. The van der Waals surface area contributed by atoms with Crippen LogP contribution in [0.4, 0.5) is 11.4 Å². The average molecular weight is 434 g/mol. The van der Waals surface area contributed by atoms with E-state index in [-0.39, 0.29) is 29.8 Å². The molecule has 2 amide bonds. The van der Waals surface area contributed by atoms with Crippen molar-refractivity contribution in [3.05, 3.63) is 59.2 Å². The summed E-state index contributed by atoms with van der Waals surface area (Å²) in [6.07, 6.45) is 1.12. The fourth-order valence-corrected chi connectivity index (χ4v) is 3.25. The lowest BCUT2D eigenvalue weighted by atomic mass is 10.1. The number of carbonyl (C=O) groups excluding carboxylic acids is 2. The summed E-state index contributed by atoms with van der Waals surface area (Å²) in [5.41, 5.74) is 2.49. The van der Waals surface area contributed by atoms with Crippen LogP contribution in [0, 0.1) is 0 Å². The van der Waals surface area contributed by atoms with Crippen LogP contribution in [0.5, 0.6) is 0 Å². The number of anilines is 2. The van der Waals surface area contributed by atoms with Gasteiger partial charge in [0.1, 0.15) is 0 Å². The molecule has 9 heteroatoms. The SMILES string of the molecule is CC(=O)Nc1ccc(NS(C)(=O)=O)c(C(=O)NCc2cccc(COC(C)C)c2)c1. The van der Waals surface area contributed by atoms with Crippen molar-refractivity contribution in [2.45, 2.75) is 40.0 Å². The van der Waals surface area contributed by atoms with E-state index >= 15 is 0 Å². The zero-order chi connectivity index (χ0) is 22.3. The molecular formula is C21H27N3O5S. The van der Waals surface area contributed by atoms with Gasteiger partial charge in [-0.3, -0.25) is 14.3 Å². The minimum atomic E-state index is -3.59. The highest BCUT2D eigenvalue weighted by Gasteiger charge is 2.16. The van der Waals surface area contributed by atoms with Gasteiger partial charge in [0.05, 0.1) is 30.2 Å². The Bertz CT molecular complexity index is 1020. The summed E-state index contributed by atoms with van der Waals surface area (Å²) in [7, 11) is -3.59. The van der Waals surface area contributed by atoms with Gasteiger partial charge in [-0.25, -0.2) is 8.42 Å². The minimum absolute atomic E-state index is 0.103. The van der Waals surface area contributed by atoms with Gasteiger partial charge >= 0.3 is 0 Å². The third-order valence-electron chi connectivity index (χ3n) is 3.91. The van der Waals surface area contributed by atoms with E-state index in [2.05, 4.69) is 15.4 Å². The predicted octanol–water partition coefficient (Wildman–Crippen LogP) is 2.87. The molecule has 0 radical (unpaired) electrons. The first kappa shape index (κ1) is 23.4. The van der Waals surface area contributed by atoms with Crippen LogP contribution >= 0.6 is 0 Å². The molecule has 0 atom stereocenters. The van der Waals surface area contributed by atoms with E-state index in [0.29, 0.717) is 12.3 Å². The van der Waals surface area contributed by atoms with Crippen molar-refractivity contribution in [3.8, 4) is 0 Å². The van der Waals surface area contributed by atoms with E-state index in [0.717, 1.165) is 17.4 Å². The van der Waals surface area contributed by atoms with Crippen molar-refractivity contribution in [2.75, 3.05) is 16.3 Å². The standard InChI is InChI=1S/C21H27N3O5S/c1-14(2)29-13-17-7-5-6-16(10-17)12-22-21(26)19-11-18(23-15(3)25)8-9-20(19)24-30(4,27)28/h5-11,14,24H,12-13H2,1-4H3,(H,22,26)(H,23,25). The van der Waals surface area contributed by atoms with E-state index in [1.54, 1.807) is 0 Å². The molecule has 0 aliphatic heterocycles. The molecule has 2 aromatic carbocycles. The molecule has 0 heterocycles. The Morgan fingerprint density at radius 1 is 1.07 bits per heavy atom. The first-order chi connectivity index (χ1) is 14.0.